The van der Waals surface area contributed by atoms with Crippen LogP contribution in [0.4, 0.5) is 11.4 Å². The molecule has 1 saturated heterocycles. The number of pyridine rings is 2. The Hall–Kier alpha value is -3.58. The van der Waals surface area contributed by atoms with E-state index in [0.29, 0.717) is 42.8 Å². The minimum Gasteiger partial charge on any atom is -0.481 e. The van der Waals surface area contributed by atoms with Crippen LogP contribution < -0.4 is 21.3 Å². The van der Waals surface area contributed by atoms with Crippen LogP contribution in [0.25, 0.3) is 0 Å². The van der Waals surface area contributed by atoms with Crippen LogP contribution in [0.5, 0.6) is 5.88 Å². The van der Waals surface area contributed by atoms with Gasteiger partial charge >= 0.3 is 5.97 Å². The molecule has 2 unspecified atom stereocenters. The first-order valence-corrected chi connectivity index (χ1v) is 15.9. The lowest BCUT2D eigenvalue weighted by Crippen LogP contribution is -2.60. The van der Waals surface area contributed by atoms with Gasteiger partial charge in [-0.15, -0.1) is 0 Å². The maximum absolute atomic E-state index is 14.0. The van der Waals surface area contributed by atoms with Crippen molar-refractivity contribution in [1.29, 1.82) is 0 Å². The van der Waals surface area contributed by atoms with Crippen LogP contribution >= 0.6 is 0 Å². The Bertz CT molecular complexity index is 1650. The van der Waals surface area contributed by atoms with Crippen molar-refractivity contribution in [1.82, 2.24) is 14.3 Å². The predicted octanol–water partition coefficient (Wildman–Crippen LogP) is 3.76. The molecule has 44 heavy (non-hydrogen) atoms. The molecule has 2 fully saturated rings. The van der Waals surface area contributed by atoms with Crippen LogP contribution in [0.2, 0.25) is 0 Å². The molecule has 1 spiro atoms. The number of benzene rings is 1. The van der Waals surface area contributed by atoms with E-state index in [1.807, 2.05) is 49.3 Å². The summed E-state index contributed by atoms with van der Waals surface area (Å²) in [5.74, 6) is 5.20. The molecule has 0 radical (unpaired) electrons. The molecule has 11 nitrogen and oxygen atoms in total. The van der Waals surface area contributed by atoms with Crippen molar-refractivity contribution in [2.24, 2.45) is 11.3 Å². The summed E-state index contributed by atoms with van der Waals surface area (Å²) < 4.78 is 27.7. The number of carboxylic acids is 1. The number of nitrogen functional groups attached to an aromatic ring is 1. The molecule has 4 heterocycles. The molecule has 2 atom stereocenters. The lowest BCUT2D eigenvalue weighted by Gasteiger charge is -2.41. The van der Waals surface area contributed by atoms with Crippen LogP contribution in [0.3, 0.4) is 0 Å². The van der Waals surface area contributed by atoms with E-state index in [0.717, 1.165) is 52.0 Å². The van der Waals surface area contributed by atoms with Gasteiger partial charge in [0.2, 0.25) is 5.88 Å². The number of rotatable bonds is 8. The monoisotopic (exact) mass is 620 g/mol. The summed E-state index contributed by atoms with van der Waals surface area (Å²) in [6, 6.07) is 7.93. The topological polar surface area (TPSA) is 157 Å². The standard InChI is InChI=1S/C32H40N6O5S/c1-18-10-26-29(36-12-18)43-32(16-42-17-32)15-37(44(26)41)14-22-11-21(13-35-20(22)3)27(31(4,5)30(39)40)24-8-9-25(28(33)19(24)2)38(34)23-6-7-23/h8-13,23,27H,6-7,14-17,33-34H2,1-5H3,(H,39,40). The van der Waals surface area contributed by atoms with Gasteiger partial charge in [0.25, 0.3) is 0 Å². The van der Waals surface area contributed by atoms with Crippen molar-refractivity contribution >= 4 is 28.3 Å². The van der Waals surface area contributed by atoms with Crippen LogP contribution in [0, 0.1) is 26.2 Å². The average Bonchev–Trinajstić information content (AvgIpc) is 3.81. The normalized spacial score (nSPS) is 20.3. The molecule has 234 valence electrons. The number of hydrogen-bond acceptors (Lipinski definition) is 9. The van der Waals surface area contributed by atoms with Gasteiger partial charge in [-0.2, -0.15) is 0 Å². The minimum absolute atomic E-state index is 0.268. The van der Waals surface area contributed by atoms with E-state index in [4.69, 9.17) is 26.0 Å². The van der Waals surface area contributed by atoms with Gasteiger partial charge in [0.05, 0.1) is 36.5 Å². The van der Waals surface area contributed by atoms with Gasteiger partial charge in [-0.3, -0.25) is 9.78 Å². The summed E-state index contributed by atoms with van der Waals surface area (Å²) in [4.78, 5) is 22.4. The number of ether oxygens (including phenoxy) is 2. The highest BCUT2D eigenvalue weighted by Crippen LogP contribution is 2.46. The van der Waals surface area contributed by atoms with Gasteiger partial charge in [0, 0.05) is 36.6 Å². The van der Waals surface area contributed by atoms with Gasteiger partial charge in [-0.25, -0.2) is 19.3 Å². The lowest BCUT2D eigenvalue weighted by molar-refractivity contribution is -0.166. The van der Waals surface area contributed by atoms with Gasteiger partial charge in [-0.1, -0.05) is 12.1 Å². The molecule has 12 heteroatoms. The molecule has 0 bridgehead atoms. The van der Waals surface area contributed by atoms with Crippen molar-refractivity contribution in [3.63, 3.8) is 0 Å². The van der Waals surface area contributed by atoms with Crippen molar-refractivity contribution in [3.05, 3.63) is 70.2 Å². The Morgan fingerprint density at radius 1 is 1.20 bits per heavy atom. The molecule has 2 aromatic heterocycles. The Balaban J connectivity index is 1.40. The fourth-order valence-corrected chi connectivity index (χ4v) is 7.53. The van der Waals surface area contributed by atoms with Crippen molar-refractivity contribution in [2.75, 3.05) is 30.5 Å². The Kier molecular flexibility index (Phi) is 7.68. The van der Waals surface area contributed by atoms with E-state index < -0.39 is 33.9 Å². The molecule has 2 aliphatic heterocycles. The summed E-state index contributed by atoms with van der Waals surface area (Å²) in [5.41, 5.74) is 10.9. The van der Waals surface area contributed by atoms with Crippen LogP contribution in [0.15, 0.2) is 41.6 Å². The molecular weight excluding hydrogens is 580 g/mol. The number of aryl methyl sites for hydroxylation is 2. The second-order valence-electron chi connectivity index (χ2n) is 13.0. The molecule has 1 aliphatic carbocycles. The quantitative estimate of drug-likeness (QED) is 0.192. The van der Waals surface area contributed by atoms with Crippen LogP contribution in [-0.2, 0) is 27.1 Å². The van der Waals surface area contributed by atoms with Gasteiger partial charge in [-0.05, 0) is 87.4 Å². The molecule has 3 aromatic rings. The third-order valence-corrected chi connectivity index (χ3v) is 10.5. The Morgan fingerprint density at radius 3 is 2.57 bits per heavy atom. The average molecular weight is 621 g/mol. The fourth-order valence-electron chi connectivity index (χ4n) is 6.11. The zero-order chi connectivity index (χ0) is 31.6. The number of carboxylic acid groups (broad SMARTS) is 1. The van der Waals surface area contributed by atoms with Gasteiger partial charge in [0.15, 0.2) is 5.60 Å². The number of aromatic nitrogens is 2. The summed E-state index contributed by atoms with van der Waals surface area (Å²) in [6.45, 7) is 10.6. The molecule has 6 rings (SSSR count). The second-order valence-corrected chi connectivity index (χ2v) is 14.4. The highest BCUT2D eigenvalue weighted by Gasteiger charge is 2.47. The smallest absolute Gasteiger partial charge is 0.310 e. The van der Waals surface area contributed by atoms with Crippen molar-refractivity contribution in [3.8, 4) is 5.88 Å². The molecule has 3 aliphatic rings. The number of nitrogens with zero attached hydrogens (tertiary/aromatic N) is 4. The third-order valence-electron chi connectivity index (χ3n) is 9.11. The predicted molar refractivity (Wildman–Crippen MR) is 167 cm³/mol. The van der Waals surface area contributed by atoms with E-state index in [1.165, 1.54) is 0 Å². The van der Waals surface area contributed by atoms with Crippen LogP contribution in [0.1, 0.15) is 66.1 Å². The molecular formula is C32H40N6O5S. The zero-order valence-corrected chi connectivity index (χ0v) is 26.6. The van der Waals surface area contributed by atoms with E-state index in [1.54, 1.807) is 31.3 Å². The summed E-state index contributed by atoms with van der Waals surface area (Å²) >= 11 is 0. The maximum Gasteiger partial charge on any atom is 0.310 e. The number of hydrazine groups is 1. The largest absolute Gasteiger partial charge is 0.481 e. The van der Waals surface area contributed by atoms with E-state index in [2.05, 4.69) is 4.98 Å². The molecule has 5 N–H and O–H groups in total. The van der Waals surface area contributed by atoms with Gasteiger partial charge < -0.3 is 25.3 Å². The Labute approximate surface area is 260 Å². The fraction of sp³-hybridized carbons (Fsp3) is 0.469. The first-order valence-electron chi connectivity index (χ1n) is 14.8. The number of fused-ring (bicyclic) bond motifs is 1. The molecule has 0 amide bonds. The van der Waals surface area contributed by atoms with E-state index >= 15 is 0 Å². The second kappa shape index (κ2) is 11.1. The molecule has 1 aromatic carbocycles. The van der Waals surface area contributed by atoms with Gasteiger partial charge in [0.1, 0.15) is 15.9 Å². The number of carbonyl (C=O) groups is 1. The third kappa shape index (κ3) is 5.33. The summed E-state index contributed by atoms with van der Waals surface area (Å²) in [7, 11) is -1.56. The highest BCUT2D eigenvalue weighted by molar-refractivity contribution is 7.82. The minimum atomic E-state index is -1.56. The maximum atomic E-state index is 14.0. The number of aliphatic carboxylic acids is 1. The Morgan fingerprint density at radius 2 is 1.93 bits per heavy atom. The van der Waals surface area contributed by atoms with Crippen LogP contribution in [-0.4, -0.2) is 61.0 Å². The number of hydrogen-bond donors (Lipinski definition) is 3. The van der Waals surface area contributed by atoms with E-state index in [9.17, 15) is 14.1 Å². The summed E-state index contributed by atoms with van der Waals surface area (Å²) in [6.07, 6.45) is 5.49. The van der Waals surface area contributed by atoms with E-state index in [-0.39, 0.29) is 6.04 Å². The SMILES string of the molecule is Cc1cnc2c(c1)S(=O)N(Cc1cc(C(c3ccc(N(N)C4CC4)c(N)c3C)C(C)(C)C(=O)O)cnc1C)CC1(COC1)O2. The number of nitrogens with two attached hydrogens (primary N) is 2. The van der Waals surface area contributed by atoms with Crippen molar-refractivity contribution < 1.29 is 23.6 Å². The summed E-state index contributed by atoms with van der Waals surface area (Å²) in [5, 5.41) is 12.1. The first-order chi connectivity index (χ1) is 20.8. The highest BCUT2D eigenvalue weighted by atomic mass is 32.2. The lowest BCUT2D eigenvalue weighted by atomic mass is 9.70. The molecule has 1 saturated carbocycles. The van der Waals surface area contributed by atoms with Crippen molar-refractivity contribution in [2.45, 2.75) is 76.5 Å². The first kappa shape index (κ1) is 30.4. The zero-order valence-electron chi connectivity index (χ0n) is 25.8. The number of anilines is 2.